The molecule has 212 valence electrons. The summed E-state index contributed by atoms with van der Waals surface area (Å²) in [5.74, 6) is -4.58. The minimum Gasteiger partial charge on any atom is -0.508 e. The van der Waals surface area contributed by atoms with E-state index in [1.165, 1.54) is 31.2 Å². The second-order valence-electron chi connectivity index (χ2n) is 9.19. The fourth-order valence-corrected chi connectivity index (χ4v) is 3.67. The van der Waals surface area contributed by atoms with Crippen molar-refractivity contribution in [1.29, 1.82) is 0 Å². The summed E-state index contributed by atoms with van der Waals surface area (Å²) < 4.78 is 0. The molecular weight excluding hydrogens is 518 g/mol. The first-order chi connectivity index (χ1) is 17.8. The Kier molecular flexibility index (Phi) is 13.6. The monoisotopic (exact) mass is 555 g/mol. The lowest BCUT2D eigenvalue weighted by Gasteiger charge is -2.26. The lowest BCUT2D eigenvalue weighted by Crippen LogP contribution is -2.60. The summed E-state index contributed by atoms with van der Waals surface area (Å²) >= 11 is 4.09. The number of benzene rings is 1. The normalized spacial score (nSPS) is 14.9. The molecule has 0 heterocycles. The van der Waals surface area contributed by atoms with Crippen LogP contribution in [0.1, 0.15) is 32.8 Å². The number of carboxylic acids is 1. The van der Waals surface area contributed by atoms with Gasteiger partial charge in [0, 0.05) is 12.2 Å². The number of carbonyl (C=O) groups is 5. The Balaban J connectivity index is 2.98. The second-order valence-corrected chi connectivity index (χ2v) is 9.56. The smallest absolute Gasteiger partial charge is 0.326 e. The molecule has 13 nitrogen and oxygen atoms in total. The Morgan fingerprint density at radius 2 is 1.39 bits per heavy atom. The number of aliphatic hydroxyl groups excluding tert-OH is 1. The van der Waals surface area contributed by atoms with Crippen LogP contribution in [0.15, 0.2) is 24.3 Å². The van der Waals surface area contributed by atoms with Crippen LogP contribution in [-0.4, -0.2) is 87.5 Å². The van der Waals surface area contributed by atoms with E-state index in [1.54, 1.807) is 0 Å². The molecule has 0 saturated heterocycles. The number of thiol groups is 1. The molecule has 0 aromatic heterocycles. The summed E-state index contributed by atoms with van der Waals surface area (Å²) in [4.78, 5) is 62.0. The number of aliphatic carboxylic acids is 1. The Hall–Kier alpha value is -3.36. The predicted octanol–water partition coefficient (Wildman–Crippen LogP) is -1.73. The minimum absolute atomic E-state index is 0.0109. The van der Waals surface area contributed by atoms with Crippen molar-refractivity contribution in [3.8, 4) is 5.75 Å². The van der Waals surface area contributed by atoms with Gasteiger partial charge in [-0.15, -0.1) is 0 Å². The van der Waals surface area contributed by atoms with Gasteiger partial charge in [-0.2, -0.15) is 12.6 Å². The molecule has 0 aliphatic rings. The molecule has 0 aliphatic carbocycles. The summed E-state index contributed by atoms with van der Waals surface area (Å²) in [6, 6.07) is 0.789. The summed E-state index contributed by atoms with van der Waals surface area (Å²) in [6.07, 6.45) is -1.19. The first-order valence-electron chi connectivity index (χ1n) is 12.0. The van der Waals surface area contributed by atoms with Gasteiger partial charge in [-0.05, 0) is 37.0 Å². The predicted molar refractivity (Wildman–Crippen MR) is 141 cm³/mol. The maximum absolute atomic E-state index is 13.0. The highest BCUT2D eigenvalue weighted by atomic mass is 32.1. The van der Waals surface area contributed by atoms with Crippen LogP contribution in [0, 0.1) is 5.92 Å². The van der Waals surface area contributed by atoms with Gasteiger partial charge >= 0.3 is 5.97 Å². The fourth-order valence-electron chi connectivity index (χ4n) is 3.41. The van der Waals surface area contributed by atoms with Gasteiger partial charge in [-0.1, -0.05) is 26.0 Å². The Morgan fingerprint density at radius 3 is 1.87 bits per heavy atom. The van der Waals surface area contributed by atoms with Crippen molar-refractivity contribution in [1.82, 2.24) is 21.3 Å². The van der Waals surface area contributed by atoms with Crippen molar-refractivity contribution < 1.29 is 39.3 Å². The van der Waals surface area contributed by atoms with Crippen molar-refractivity contribution in [3.05, 3.63) is 29.8 Å². The van der Waals surface area contributed by atoms with E-state index in [0.29, 0.717) is 5.56 Å². The van der Waals surface area contributed by atoms with Crippen LogP contribution in [0.25, 0.3) is 0 Å². The number of phenols is 1. The third-order valence-corrected chi connectivity index (χ3v) is 5.78. The summed E-state index contributed by atoms with van der Waals surface area (Å²) in [5.41, 5.74) is 5.80. The van der Waals surface area contributed by atoms with Crippen molar-refractivity contribution in [2.45, 2.75) is 63.9 Å². The van der Waals surface area contributed by atoms with E-state index < -0.39 is 66.4 Å². The van der Waals surface area contributed by atoms with Crippen molar-refractivity contribution in [2.75, 3.05) is 12.3 Å². The lowest BCUT2D eigenvalue weighted by atomic mass is 10.0. The highest BCUT2D eigenvalue weighted by Crippen LogP contribution is 2.12. The van der Waals surface area contributed by atoms with Gasteiger partial charge < -0.3 is 42.3 Å². The van der Waals surface area contributed by atoms with E-state index in [1.807, 2.05) is 13.8 Å². The van der Waals surface area contributed by atoms with Crippen molar-refractivity contribution >= 4 is 42.2 Å². The molecule has 1 rings (SSSR count). The number of phenolic OH excluding ortho intramolecular Hbond substituents is 1. The molecule has 14 heteroatoms. The largest absolute Gasteiger partial charge is 0.508 e. The number of rotatable bonds is 15. The van der Waals surface area contributed by atoms with E-state index >= 15 is 0 Å². The van der Waals surface area contributed by atoms with Gasteiger partial charge in [0.15, 0.2) is 0 Å². The molecule has 0 saturated carbocycles. The SMILES string of the molecule is CC(C)CC(NC(=O)C(CS)NC(=O)C(NC(=O)CN)C(C)O)C(=O)NC(Cc1ccc(O)cc1)C(=O)O. The molecule has 5 atom stereocenters. The van der Waals surface area contributed by atoms with E-state index in [0.717, 1.165) is 0 Å². The van der Waals surface area contributed by atoms with Crippen LogP contribution < -0.4 is 27.0 Å². The van der Waals surface area contributed by atoms with Gasteiger partial charge in [-0.3, -0.25) is 19.2 Å². The Labute approximate surface area is 226 Å². The molecule has 1 aromatic rings. The molecule has 0 radical (unpaired) electrons. The van der Waals surface area contributed by atoms with Gasteiger partial charge in [0.1, 0.15) is 29.9 Å². The molecular formula is C24H37N5O8S. The quantitative estimate of drug-likeness (QED) is 0.112. The zero-order chi connectivity index (χ0) is 29.0. The number of aromatic hydroxyl groups is 1. The lowest BCUT2D eigenvalue weighted by molar-refractivity contribution is -0.142. The van der Waals surface area contributed by atoms with Crippen molar-refractivity contribution in [2.24, 2.45) is 11.7 Å². The molecule has 9 N–H and O–H groups in total. The number of carboxylic acid groups (broad SMARTS) is 1. The topological polar surface area (TPSA) is 220 Å². The van der Waals surface area contributed by atoms with Crippen LogP contribution in [0.3, 0.4) is 0 Å². The minimum atomic E-state index is -1.38. The van der Waals surface area contributed by atoms with E-state index in [9.17, 15) is 39.3 Å². The van der Waals surface area contributed by atoms with E-state index in [2.05, 4.69) is 33.9 Å². The molecule has 0 aliphatic heterocycles. The zero-order valence-corrected chi connectivity index (χ0v) is 22.4. The molecule has 5 unspecified atom stereocenters. The van der Waals surface area contributed by atoms with Crippen LogP contribution in [0.5, 0.6) is 5.75 Å². The highest BCUT2D eigenvalue weighted by Gasteiger charge is 2.32. The first-order valence-corrected chi connectivity index (χ1v) is 12.6. The standard InChI is InChI=1S/C24H37N5O8S/c1-12(2)8-16(21(33)27-17(24(36)37)9-14-4-6-15(31)7-5-14)26-22(34)18(11-38)28-23(35)20(13(3)30)29-19(32)10-25/h4-7,12-13,16-18,20,30-31,38H,8-11,25H2,1-3H3,(H,26,34)(H,27,33)(H,28,35)(H,29,32)(H,36,37). The Bertz CT molecular complexity index is 973. The average molecular weight is 556 g/mol. The maximum Gasteiger partial charge on any atom is 0.326 e. The molecule has 4 amide bonds. The number of carbonyl (C=O) groups excluding carboxylic acids is 4. The molecule has 38 heavy (non-hydrogen) atoms. The fraction of sp³-hybridized carbons (Fsp3) is 0.542. The molecule has 0 fully saturated rings. The molecule has 0 bridgehead atoms. The summed E-state index contributed by atoms with van der Waals surface area (Å²) in [5, 5.41) is 38.5. The van der Waals surface area contributed by atoms with Crippen molar-refractivity contribution in [3.63, 3.8) is 0 Å². The van der Waals surface area contributed by atoms with Crippen LogP contribution in [0.2, 0.25) is 0 Å². The number of nitrogens with one attached hydrogen (secondary N) is 4. The summed E-state index contributed by atoms with van der Waals surface area (Å²) in [7, 11) is 0. The number of nitrogens with two attached hydrogens (primary N) is 1. The van der Waals surface area contributed by atoms with Gasteiger partial charge in [0.25, 0.3) is 0 Å². The average Bonchev–Trinajstić information content (AvgIpc) is 2.85. The maximum atomic E-state index is 13.0. The van der Waals surface area contributed by atoms with Crippen LogP contribution in [0.4, 0.5) is 0 Å². The van der Waals surface area contributed by atoms with Crippen LogP contribution in [-0.2, 0) is 30.4 Å². The highest BCUT2D eigenvalue weighted by molar-refractivity contribution is 7.80. The second kappa shape index (κ2) is 15.8. The van der Waals surface area contributed by atoms with Gasteiger partial charge in [0.2, 0.25) is 23.6 Å². The van der Waals surface area contributed by atoms with E-state index in [-0.39, 0.29) is 30.3 Å². The Morgan fingerprint density at radius 1 is 0.868 bits per heavy atom. The summed E-state index contributed by atoms with van der Waals surface area (Å²) in [6.45, 7) is 4.48. The number of hydrogen-bond donors (Lipinski definition) is 9. The van der Waals surface area contributed by atoms with E-state index in [4.69, 9.17) is 5.73 Å². The number of amides is 4. The third kappa shape index (κ3) is 10.9. The number of aliphatic hydroxyl groups is 1. The first kappa shape index (κ1) is 32.7. The van der Waals surface area contributed by atoms with Crippen LogP contribution >= 0.6 is 12.6 Å². The number of hydrogen-bond acceptors (Lipinski definition) is 9. The zero-order valence-electron chi connectivity index (χ0n) is 21.5. The van der Waals surface area contributed by atoms with Gasteiger partial charge in [0.05, 0.1) is 12.6 Å². The molecule has 0 spiro atoms. The van der Waals surface area contributed by atoms with Gasteiger partial charge in [-0.25, -0.2) is 4.79 Å². The molecule has 1 aromatic carbocycles. The third-order valence-electron chi connectivity index (χ3n) is 5.41.